The zero-order valence-electron chi connectivity index (χ0n) is 28.3. The molecule has 2 aromatic heterocycles. The van der Waals surface area contributed by atoms with Crippen molar-refractivity contribution in [1.29, 1.82) is 0 Å². The van der Waals surface area contributed by atoms with Crippen LogP contribution in [0.15, 0.2) is 47.4 Å². The van der Waals surface area contributed by atoms with E-state index >= 15 is 0 Å². The molecule has 0 aliphatic carbocycles. The monoisotopic (exact) mass is 647 g/mol. The second-order valence-corrected chi connectivity index (χ2v) is 16.0. The van der Waals surface area contributed by atoms with Crippen molar-refractivity contribution in [1.82, 2.24) is 29.2 Å². The van der Waals surface area contributed by atoms with Crippen LogP contribution in [0.5, 0.6) is 0 Å². The maximum Gasteiger partial charge on any atom is 0.327 e. The Bertz CT molecular complexity index is 1510. The number of thioether (sulfide) groups is 1. The molecule has 2 atom stereocenters. The van der Waals surface area contributed by atoms with Crippen LogP contribution in [0.4, 0.5) is 5.69 Å². The van der Waals surface area contributed by atoms with Crippen molar-refractivity contribution < 1.29 is 4.79 Å². The van der Waals surface area contributed by atoms with Crippen molar-refractivity contribution in [2.45, 2.75) is 82.9 Å². The molecule has 1 aromatic carbocycles. The molecule has 250 valence electrons. The van der Waals surface area contributed by atoms with E-state index in [2.05, 4.69) is 76.6 Å². The molecule has 3 fully saturated rings. The summed E-state index contributed by atoms with van der Waals surface area (Å²) in [6.45, 7) is 18.2. The number of anilines is 1. The van der Waals surface area contributed by atoms with Gasteiger partial charge in [0.15, 0.2) is 5.65 Å². The molecule has 10 heteroatoms. The number of aromatic nitrogens is 3. The molecule has 2 unspecified atom stereocenters. The number of hydrogen-bond acceptors (Lipinski definition) is 7. The number of nitrogens with one attached hydrogen (secondary N) is 1. The second kappa shape index (κ2) is 14.5. The number of hydrogen-bond donors (Lipinski definition) is 1. The maximum absolute atomic E-state index is 13.7. The Balaban J connectivity index is 1.11. The van der Waals surface area contributed by atoms with Crippen LogP contribution in [-0.4, -0.2) is 99.3 Å². The highest BCUT2D eigenvalue weighted by atomic mass is 32.2. The summed E-state index contributed by atoms with van der Waals surface area (Å²) in [5.74, 6) is 0.247. The molecule has 3 aliphatic heterocycles. The van der Waals surface area contributed by atoms with Gasteiger partial charge in [0.05, 0.1) is 10.9 Å². The molecule has 6 rings (SSSR count). The number of likely N-dealkylation sites (tertiary alicyclic amines) is 1. The van der Waals surface area contributed by atoms with Crippen LogP contribution in [-0.2, 0) is 4.79 Å². The quantitative estimate of drug-likeness (QED) is 0.300. The first-order chi connectivity index (χ1) is 22.2. The summed E-state index contributed by atoms with van der Waals surface area (Å²) in [5, 5.41) is 0.513. The number of para-hydroxylation sites is 1. The highest BCUT2D eigenvalue weighted by Crippen LogP contribution is 2.47. The minimum atomic E-state index is -0.110. The fourth-order valence-electron chi connectivity index (χ4n) is 7.34. The fourth-order valence-corrected chi connectivity index (χ4v) is 8.93. The molecule has 1 N–H and O–H groups in total. The van der Waals surface area contributed by atoms with Crippen molar-refractivity contribution in [3.63, 3.8) is 0 Å². The largest absolute Gasteiger partial charge is 0.369 e. The minimum Gasteiger partial charge on any atom is -0.369 e. The van der Waals surface area contributed by atoms with Crippen molar-refractivity contribution in [3.8, 4) is 0 Å². The summed E-state index contributed by atoms with van der Waals surface area (Å²) in [5.41, 5.74) is 4.39. The number of imidazole rings is 1. The van der Waals surface area contributed by atoms with Crippen LogP contribution in [0.1, 0.15) is 83.2 Å². The van der Waals surface area contributed by atoms with Gasteiger partial charge in [-0.1, -0.05) is 52.3 Å². The molecule has 9 nitrogen and oxygen atoms in total. The topological polar surface area (TPSA) is 80.7 Å². The minimum absolute atomic E-state index is 0.0811. The van der Waals surface area contributed by atoms with E-state index in [-0.39, 0.29) is 33.7 Å². The van der Waals surface area contributed by atoms with Crippen LogP contribution in [0.3, 0.4) is 0 Å². The van der Waals surface area contributed by atoms with Gasteiger partial charge in [-0.05, 0) is 55.8 Å². The fraction of sp³-hybridized carbons (Fsp3) is 0.639. The Morgan fingerprint density at radius 1 is 1.00 bits per heavy atom. The number of piperidine rings is 1. The lowest BCUT2D eigenvalue weighted by molar-refractivity contribution is -0.132. The van der Waals surface area contributed by atoms with Gasteiger partial charge in [0.25, 0.3) is 0 Å². The third-order valence-corrected chi connectivity index (χ3v) is 11.6. The summed E-state index contributed by atoms with van der Waals surface area (Å²) >= 11 is 1.99. The maximum atomic E-state index is 13.7. The molecule has 0 saturated carbocycles. The molecule has 0 spiro atoms. The van der Waals surface area contributed by atoms with E-state index < -0.39 is 0 Å². The number of H-pyrrole nitrogens is 1. The lowest BCUT2D eigenvalue weighted by Crippen LogP contribution is -2.47. The highest BCUT2D eigenvalue weighted by molar-refractivity contribution is 8.00. The number of nitrogens with zero attached hydrogens (tertiary/aromatic N) is 6. The number of aromatic amines is 1. The predicted molar refractivity (Wildman–Crippen MR) is 190 cm³/mol. The number of piperazine rings is 1. The lowest BCUT2D eigenvalue weighted by Gasteiger charge is -2.38. The van der Waals surface area contributed by atoms with Gasteiger partial charge in [-0.15, -0.1) is 11.8 Å². The third-order valence-electron chi connectivity index (χ3n) is 10.1. The Morgan fingerprint density at radius 2 is 1.76 bits per heavy atom. The molecule has 0 bridgehead atoms. The highest BCUT2D eigenvalue weighted by Gasteiger charge is 2.38. The summed E-state index contributed by atoms with van der Waals surface area (Å²) in [6, 6.07) is 12.9. The number of carbonyl (C=O) groups is 1. The molecular formula is C36H53N7O2S. The first-order valence-corrected chi connectivity index (χ1v) is 18.4. The smallest absolute Gasteiger partial charge is 0.327 e. The van der Waals surface area contributed by atoms with E-state index in [4.69, 9.17) is 0 Å². The van der Waals surface area contributed by atoms with E-state index in [1.807, 2.05) is 33.4 Å². The number of unbranched alkanes of at least 4 members (excludes halogenated alkanes) is 1. The van der Waals surface area contributed by atoms with Gasteiger partial charge < -0.3 is 9.80 Å². The van der Waals surface area contributed by atoms with Gasteiger partial charge in [0, 0.05) is 87.5 Å². The first kappa shape index (κ1) is 33.1. The van der Waals surface area contributed by atoms with Gasteiger partial charge in [0.2, 0.25) is 5.91 Å². The number of carbonyl (C=O) groups excluding carboxylic acids is 1. The molecular weight excluding hydrogens is 595 g/mol. The lowest BCUT2D eigenvalue weighted by atomic mass is 9.92. The van der Waals surface area contributed by atoms with E-state index in [1.54, 1.807) is 6.20 Å². The second-order valence-electron chi connectivity index (χ2n) is 14.6. The Hall–Kier alpha value is -2.82. The average Bonchev–Trinajstić information content (AvgIpc) is 3.62. The van der Waals surface area contributed by atoms with Gasteiger partial charge >= 0.3 is 5.69 Å². The zero-order chi connectivity index (χ0) is 32.3. The van der Waals surface area contributed by atoms with Crippen molar-refractivity contribution in [3.05, 3.63) is 58.6 Å². The van der Waals surface area contributed by atoms with E-state index in [0.717, 1.165) is 64.0 Å². The Morgan fingerprint density at radius 3 is 2.50 bits per heavy atom. The van der Waals surface area contributed by atoms with Crippen LogP contribution in [0, 0.1) is 5.41 Å². The summed E-state index contributed by atoms with van der Waals surface area (Å²) in [6.07, 6.45) is 7.48. The molecule has 1 amide bonds. The van der Waals surface area contributed by atoms with Crippen molar-refractivity contribution in [2.24, 2.45) is 5.41 Å². The zero-order valence-corrected chi connectivity index (χ0v) is 29.1. The van der Waals surface area contributed by atoms with Crippen LogP contribution >= 0.6 is 11.8 Å². The van der Waals surface area contributed by atoms with Gasteiger partial charge in [0.1, 0.15) is 0 Å². The van der Waals surface area contributed by atoms with Gasteiger partial charge in [-0.3, -0.25) is 24.1 Å². The van der Waals surface area contributed by atoms with E-state index in [9.17, 15) is 9.59 Å². The molecule has 5 heterocycles. The molecule has 3 saturated heterocycles. The van der Waals surface area contributed by atoms with Crippen molar-refractivity contribution in [2.75, 3.05) is 63.8 Å². The first-order valence-electron chi connectivity index (χ1n) is 17.5. The molecule has 46 heavy (non-hydrogen) atoms. The molecule has 3 aromatic rings. The Kier molecular flexibility index (Phi) is 10.4. The van der Waals surface area contributed by atoms with Crippen LogP contribution < -0.4 is 10.6 Å². The Labute approximate surface area is 278 Å². The van der Waals surface area contributed by atoms with Crippen molar-refractivity contribution >= 4 is 34.5 Å². The van der Waals surface area contributed by atoms with Crippen LogP contribution in [0.2, 0.25) is 0 Å². The number of pyridine rings is 1. The average molecular weight is 648 g/mol. The summed E-state index contributed by atoms with van der Waals surface area (Å²) in [4.78, 5) is 43.5. The number of rotatable bonds is 10. The molecule has 0 radical (unpaired) electrons. The van der Waals surface area contributed by atoms with Crippen LogP contribution in [0.25, 0.3) is 11.2 Å². The summed E-state index contributed by atoms with van der Waals surface area (Å²) in [7, 11) is 0. The normalized spacial score (nSPS) is 22.3. The van der Waals surface area contributed by atoms with Gasteiger partial charge in [-0.2, -0.15) is 0 Å². The predicted octanol–water partition coefficient (Wildman–Crippen LogP) is 5.75. The standard InChI is InChI=1S/C36H53N7O2S/c1-5-6-17-39-21-23-40(24-22-39)30-11-8-7-10-29(30)34-42(20-15-36(2,3)4)26-28(46-34)25-32(44)41-18-13-27(14-19-41)43-31-12-9-16-37-33(31)38-35(43)45/h7-12,16,27-28,34H,5-6,13-15,17-26H2,1-4H3,(H,37,38,45). The molecule has 3 aliphatic rings. The third kappa shape index (κ3) is 7.66. The van der Waals surface area contributed by atoms with E-state index in [1.165, 1.54) is 30.6 Å². The number of benzene rings is 1. The van der Waals surface area contributed by atoms with Gasteiger partial charge in [-0.25, -0.2) is 9.78 Å². The number of amides is 1. The summed E-state index contributed by atoms with van der Waals surface area (Å²) < 4.78 is 1.84. The number of fused-ring (bicyclic) bond motifs is 1. The van der Waals surface area contributed by atoms with E-state index in [0.29, 0.717) is 25.2 Å². The SMILES string of the molecule is CCCCN1CCN(c2ccccc2C2SC(CC(=O)N3CCC(n4c(=O)[nH]c5ncccc54)CC3)CN2CCC(C)(C)C)CC1.